The van der Waals surface area contributed by atoms with Gasteiger partial charge in [-0.05, 0) is 44.0 Å². The third kappa shape index (κ3) is 4.95. The Hall–Kier alpha value is -3.59. The van der Waals surface area contributed by atoms with Crippen LogP contribution < -0.4 is 5.32 Å². The molecular weight excluding hydrogens is 416 g/mol. The highest BCUT2D eigenvalue weighted by Crippen LogP contribution is 2.29. The molecule has 158 valence electrons. The maximum absolute atomic E-state index is 12.7. The largest absolute Gasteiger partial charge is 0.459 e. The summed E-state index contributed by atoms with van der Waals surface area (Å²) in [5.41, 5.74) is 2.25. The van der Waals surface area contributed by atoms with Gasteiger partial charge in [-0.15, -0.1) is 16.4 Å². The fourth-order valence-corrected chi connectivity index (χ4v) is 3.77. The second kappa shape index (κ2) is 8.27. The highest BCUT2D eigenvalue weighted by Gasteiger charge is 2.22. The van der Waals surface area contributed by atoms with Gasteiger partial charge >= 0.3 is 12.0 Å². The fraction of sp³-hybridized carbons (Fsp3) is 0.227. The van der Waals surface area contributed by atoms with Gasteiger partial charge < -0.3 is 14.5 Å². The maximum Gasteiger partial charge on any atom is 0.325 e. The van der Waals surface area contributed by atoms with Gasteiger partial charge in [-0.25, -0.2) is 4.98 Å². The van der Waals surface area contributed by atoms with E-state index in [1.807, 2.05) is 48.5 Å². The summed E-state index contributed by atoms with van der Waals surface area (Å²) in [7, 11) is 0. The normalized spacial score (nSPS) is 11.5. The summed E-state index contributed by atoms with van der Waals surface area (Å²) in [6.07, 6.45) is 0. The van der Waals surface area contributed by atoms with E-state index in [0.29, 0.717) is 0 Å². The number of hydrogen-bond acceptors (Lipinski definition) is 9. The van der Waals surface area contributed by atoms with Crippen LogP contribution in [0.25, 0.3) is 21.3 Å². The molecule has 2 aromatic heterocycles. The van der Waals surface area contributed by atoms with Crippen LogP contribution in [0.4, 0.5) is 6.01 Å². The quantitative estimate of drug-likeness (QED) is 0.351. The minimum absolute atomic E-state index is 0.0401. The van der Waals surface area contributed by atoms with Crippen LogP contribution in [0.2, 0.25) is 0 Å². The first-order valence-corrected chi connectivity index (χ1v) is 10.4. The van der Waals surface area contributed by atoms with Gasteiger partial charge in [-0.2, -0.15) is 0 Å². The summed E-state index contributed by atoms with van der Waals surface area (Å²) in [5.74, 6) is -1.15. The number of thiazole rings is 1. The molecule has 0 spiro atoms. The summed E-state index contributed by atoms with van der Waals surface area (Å²) < 4.78 is 11.4. The van der Waals surface area contributed by atoms with Crippen molar-refractivity contribution < 1.29 is 18.7 Å². The number of fused-ring (bicyclic) bond motifs is 1. The number of hydrogen-bond donors (Lipinski definition) is 1. The van der Waals surface area contributed by atoms with Gasteiger partial charge in [0.25, 0.3) is 11.7 Å². The number of rotatable bonds is 6. The monoisotopic (exact) mass is 436 g/mol. The van der Waals surface area contributed by atoms with Gasteiger partial charge in [-0.1, -0.05) is 41.5 Å². The van der Waals surface area contributed by atoms with E-state index in [0.717, 1.165) is 21.3 Å². The molecule has 0 atom stereocenters. The lowest BCUT2D eigenvalue weighted by atomic mass is 10.1. The first kappa shape index (κ1) is 20.7. The molecule has 2 aromatic carbocycles. The van der Waals surface area contributed by atoms with Gasteiger partial charge in [0, 0.05) is 0 Å². The number of benzene rings is 2. The molecule has 0 aliphatic rings. The van der Waals surface area contributed by atoms with Crippen LogP contribution in [-0.4, -0.2) is 39.1 Å². The first-order valence-electron chi connectivity index (χ1n) is 9.58. The summed E-state index contributed by atoms with van der Waals surface area (Å²) in [4.78, 5) is 28.9. The Bertz CT molecular complexity index is 1240. The number of carbonyl (C=O) groups is 2. The lowest BCUT2D eigenvalue weighted by Gasteiger charge is -2.19. The number of ketones is 1. The number of nitrogens with zero attached hydrogens (tertiary/aromatic N) is 3. The Labute approximate surface area is 182 Å². The van der Waals surface area contributed by atoms with Gasteiger partial charge in [0.05, 0.1) is 10.2 Å². The molecule has 31 heavy (non-hydrogen) atoms. The summed E-state index contributed by atoms with van der Waals surface area (Å²) in [6, 6.07) is 15.8. The van der Waals surface area contributed by atoms with E-state index in [2.05, 4.69) is 20.5 Å². The van der Waals surface area contributed by atoms with Gasteiger partial charge in [0.1, 0.15) is 12.1 Å². The molecule has 0 amide bonds. The molecule has 9 heteroatoms. The van der Waals surface area contributed by atoms with Crippen molar-refractivity contribution in [1.82, 2.24) is 15.2 Å². The standard InChI is InChI=1S/C22H20N4O4S/c1-22(2,3)30-17(27)12-23-21-26-25-19(29-21)18(28)20-24-15-10-9-14(11-16(15)31-20)13-7-5-4-6-8-13/h4-11H,12H2,1-3H3,(H,23,26). The predicted octanol–water partition coefficient (Wildman–Crippen LogP) is 4.33. The second-order valence-corrected chi connectivity index (χ2v) is 8.78. The van der Waals surface area contributed by atoms with E-state index < -0.39 is 17.4 Å². The zero-order valence-corrected chi connectivity index (χ0v) is 18.0. The van der Waals surface area contributed by atoms with Gasteiger partial charge in [0.15, 0.2) is 5.01 Å². The SMILES string of the molecule is CC(C)(C)OC(=O)CNc1nnc(C(=O)c2nc3ccc(-c4ccccc4)cc3s2)o1. The molecule has 0 aliphatic heterocycles. The van der Waals surface area contributed by atoms with Crippen molar-refractivity contribution >= 4 is 39.3 Å². The van der Waals surface area contributed by atoms with E-state index in [4.69, 9.17) is 9.15 Å². The molecule has 2 heterocycles. The van der Waals surface area contributed by atoms with E-state index >= 15 is 0 Å². The smallest absolute Gasteiger partial charge is 0.325 e. The van der Waals surface area contributed by atoms with Crippen LogP contribution in [0.1, 0.15) is 36.5 Å². The van der Waals surface area contributed by atoms with Crippen molar-refractivity contribution in [2.45, 2.75) is 26.4 Å². The van der Waals surface area contributed by atoms with Gasteiger partial charge in [-0.3, -0.25) is 9.59 Å². The molecule has 0 unspecified atom stereocenters. The minimum Gasteiger partial charge on any atom is -0.459 e. The topological polar surface area (TPSA) is 107 Å². The number of ether oxygens (including phenoxy) is 1. The van der Waals surface area contributed by atoms with Crippen molar-refractivity contribution in [3.63, 3.8) is 0 Å². The fourth-order valence-electron chi connectivity index (χ4n) is 2.84. The molecule has 8 nitrogen and oxygen atoms in total. The minimum atomic E-state index is -0.595. The summed E-state index contributed by atoms with van der Waals surface area (Å²) in [5, 5.41) is 10.4. The van der Waals surface area contributed by atoms with Crippen LogP contribution in [-0.2, 0) is 9.53 Å². The van der Waals surface area contributed by atoms with Crippen molar-refractivity contribution in [3.8, 4) is 11.1 Å². The van der Waals surface area contributed by atoms with E-state index in [-0.39, 0.29) is 23.5 Å². The van der Waals surface area contributed by atoms with Crippen LogP contribution in [0.5, 0.6) is 0 Å². The van der Waals surface area contributed by atoms with Crippen molar-refractivity contribution in [3.05, 3.63) is 59.4 Å². The Balaban J connectivity index is 1.48. The van der Waals surface area contributed by atoms with Crippen LogP contribution in [0.15, 0.2) is 52.9 Å². The molecular formula is C22H20N4O4S. The van der Waals surface area contributed by atoms with Crippen LogP contribution in [0.3, 0.4) is 0 Å². The molecule has 0 radical (unpaired) electrons. The van der Waals surface area contributed by atoms with Crippen LogP contribution >= 0.6 is 11.3 Å². The van der Waals surface area contributed by atoms with E-state index in [9.17, 15) is 9.59 Å². The highest BCUT2D eigenvalue weighted by atomic mass is 32.1. The first-order chi connectivity index (χ1) is 14.8. The third-order valence-electron chi connectivity index (χ3n) is 4.11. The Morgan fingerprint density at radius 2 is 1.84 bits per heavy atom. The molecule has 4 aromatic rings. The summed E-state index contributed by atoms with van der Waals surface area (Å²) >= 11 is 1.26. The number of nitrogens with one attached hydrogen (secondary N) is 1. The predicted molar refractivity (Wildman–Crippen MR) is 117 cm³/mol. The molecule has 0 saturated heterocycles. The average Bonchev–Trinajstić information content (AvgIpc) is 3.37. The molecule has 1 N–H and O–H groups in total. The number of carbonyl (C=O) groups excluding carboxylic acids is 2. The molecule has 0 saturated carbocycles. The zero-order valence-electron chi connectivity index (χ0n) is 17.2. The average molecular weight is 436 g/mol. The van der Waals surface area contributed by atoms with Gasteiger partial charge in [0.2, 0.25) is 0 Å². The Morgan fingerprint density at radius 3 is 2.58 bits per heavy atom. The molecule has 0 bridgehead atoms. The highest BCUT2D eigenvalue weighted by molar-refractivity contribution is 7.20. The van der Waals surface area contributed by atoms with Crippen molar-refractivity contribution in [2.24, 2.45) is 0 Å². The number of anilines is 1. The lowest BCUT2D eigenvalue weighted by Crippen LogP contribution is -2.28. The molecule has 0 aliphatic carbocycles. The summed E-state index contributed by atoms with van der Waals surface area (Å²) in [6.45, 7) is 5.16. The lowest BCUT2D eigenvalue weighted by molar-refractivity contribution is -0.152. The molecule has 0 fully saturated rings. The van der Waals surface area contributed by atoms with E-state index in [1.165, 1.54) is 11.3 Å². The second-order valence-electron chi connectivity index (χ2n) is 7.75. The molecule has 4 rings (SSSR count). The van der Waals surface area contributed by atoms with Crippen molar-refractivity contribution in [2.75, 3.05) is 11.9 Å². The maximum atomic E-state index is 12.7. The zero-order chi connectivity index (χ0) is 22.0. The Kier molecular flexibility index (Phi) is 5.51. The number of esters is 1. The van der Waals surface area contributed by atoms with Crippen molar-refractivity contribution in [1.29, 1.82) is 0 Å². The number of aromatic nitrogens is 3. The third-order valence-corrected chi connectivity index (χ3v) is 5.13. The Morgan fingerprint density at radius 1 is 1.06 bits per heavy atom. The van der Waals surface area contributed by atoms with E-state index in [1.54, 1.807) is 20.8 Å². The van der Waals surface area contributed by atoms with Crippen LogP contribution in [0, 0.1) is 0 Å².